The van der Waals surface area contributed by atoms with Crippen molar-refractivity contribution in [1.82, 2.24) is 0 Å². The highest BCUT2D eigenvalue weighted by Crippen LogP contribution is 2.00. The Labute approximate surface area is 108 Å². The smallest absolute Gasteiger partial charge is 0.0248 e. The Bertz CT molecular complexity index is 578. The van der Waals surface area contributed by atoms with E-state index in [4.69, 9.17) is 0 Å². The monoisotopic (exact) mass is 230 g/mol. The van der Waals surface area contributed by atoms with Gasteiger partial charge in [0.1, 0.15) is 0 Å². The topological polar surface area (TPSA) is 0 Å². The van der Waals surface area contributed by atoms with E-state index in [1.54, 1.807) is 0 Å². The molecule has 0 aliphatic rings. The second-order valence-electron chi connectivity index (χ2n) is 3.76. The third kappa shape index (κ3) is 4.15. The molecule has 0 bridgehead atoms. The zero-order valence-corrected chi connectivity index (χ0v) is 10.1. The molecule has 0 aliphatic carbocycles. The molecule has 0 heterocycles. The van der Waals surface area contributed by atoms with Gasteiger partial charge in [0.2, 0.25) is 0 Å². The van der Waals surface area contributed by atoms with E-state index in [1.165, 1.54) is 5.56 Å². The first-order valence-corrected chi connectivity index (χ1v) is 5.90. The zero-order chi connectivity index (χ0) is 12.5. The molecule has 0 amide bonds. The molecular formula is C18H14. The number of allylic oxidation sites excluding steroid dienone is 3. The van der Waals surface area contributed by atoms with Crippen LogP contribution in [0, 0.1) is 11.8 Å². The molecule has 0 atom stereocenters. The van der Waals surface area contributed by atoms with Crippen molar-refractivity contribution in [1.29, 1.82) is 0 Å². The highest BCUT2D eigenvalue weighted by molar-refractivity contribution is 5.51. The van der Waals surface area contributed by atoms with Crippen LogP contribution < -0.4 is 0 Å². The number of benzene rings is 2. The van der Waals surface area contributed by atoms with E-state index in [0.717, 1.165) is 5.56 Å². The average molecular weight is 230 g/mol. The third-order valence-electron chi connectivity index (χ3n) is 2.37. The lowest BCUT2D eigenvalue weighted by atomic mass is 10.2. The zero-order valence-electron chi connectivity index (χ0n) is 10.1. The van der Waals surface area contributed by atoms with E-state index >= 15 is 0 Å². The van der Waals surface area contributed by atoms with Crippen LogP contribution in [0.4, 0.5) is 0 Å². The summed E-state index contributed by atoms with van der Waals surface area (Å²) in [5.41, 5.74) is 2.23. The van der Waals surface area contributed by atoms with Gasteiger partial charge < -0.3 is 0 Å². The van der Waals surface area contributed by atoms with Gasteiger partial charge in [-0.1, -0.05) is 78.6 Å². The van der Waals surface area contributed by atoms with E-state index in [9.17, 15) is 0 Å². The molecule has 2 aromatic carbocycles. The summed E-state index contributed by atoms with van der Waals surface area (Å²) in [4.78, 5) is 0. The lowest BCUT2D eigenvalue weighted by Crippen LogP contribution is -1.69. The van der Waals surface area contributed by atoms with Crippen LogP contribution in [0.25, 0.3) is 6.08 Å². The minimum atomic E-state index is 1.04. The summed E-state index contributed by atoms with van der Waals surface area (Å²) in [5, 5.41) is 0. The average Bonchev–Trinajstić information content (AvgIpc) is 2.45. The Balaban J connectivity index is 1.90. The fraction of sp³-hybridized carbons (Fsp3) is 0. The number of rotatable bonds is 2. The highest BCUT2D eigenvalue weighted by atomic mass is 13.9. The highest BCUT2D eigenvalue weighted by Gasteiger charge is 1.80. The summed E-state index contributed by atoms with van der Waals surface area (Å²) >= 11 is 0. The van der Waals surface area contributed by atoms with Crippen molar-refractivity contribution >= 4 is 6.08 Å². The van der Waals surface area contributed by atoms with Gasteiger partial charge in [0, 0.05) is 5.56 Å². The van der Waals surface area contributed by atoms with Gasteiger partial charge in [-0.2, -0.15) is 0 Å². The second-order valence-corrected chi connectivity index (χ2v) is 3.76. The molecule has 0 nitrogen and oxygen atoms in total. The van der Waals surface area contributed by atoms with E-state index in [-0.39, 0.29) is 0 Å². The van der Waals surface area contributed by atoms with E-state index in [2.05, 4.69) is 30.0 Å². The second kappa shape index (κ2) is 6.93. The van der Waals surface area contributed by atoms with Gasteiger partial charge in [-0.25, -0.2) is 0 Å². The van der Waals surface area contributed by atoms with Crippen molar-refractivity contribution in [2.24, 2.45) is 0 Å². The van der Waals surface area contributed by atoms with Gasteiger partial charge in [0.25, 0.3) is 0 Å². The van der Waals surface area contributed by atoms with Crippen molar-refractivity contribution in [3.63, 3.8) is 0 Å². The SMILES string of the molecule is C(#Cc1ccccc1)C=CC=Cc1ccccc1. The maximum Gasteiger partial charge on any atom is 0.0248 e. The van der Waals surface area contributed by atoms with Gasteiger partial charge in [-0.3, -0.25) is 0 Å². The molecule has 0 aliphatic heterocycles. The predicted octanol–water partition coefficient (Wildman–Crippen LogP) is 4.31. The molecule has 2 aromatic rings. The Hall–Kier alpha value is -2.52. The van der Waals surface area contributed by atoms with E-state index in [0.29, 0.717) is 0 Å². The van der Waals surface area contributed by atoms with Gasteiger partial charge in [0.05, 0.1) is 0 Å². The maximum absolute atomic E-state index is 3.07. The number of hydrogen-bond donors (Lipinski definition) is 0. The summed E-state index contributed by atoms with van der Waals surface area (Å²) in [7, 11) is 0. The third-order valence-corrected chi connectivity index (χ3v) is 2.37. The van der Waals surface area contributed by atoms with Crippen LogP contribution >= 0.6 is 0 Å². The molecule has 0 spiro atoms. The Morgan fingerprint density at radius 1 is 0.722 bits per heavy atom. The molecule has 86 valence electrons. The minimum absolute atomic E-state index is 1.04. The summed E-state index contributed by atoms with van der Waals surface area (Å²) in [6, 6.07) is 20.2. The number of hydrogen-bond acceptors (Lipinski definition) is 0. The van der Waals surface area contributed by atoms with Crippen molar-refractivity contribution in [2.75, 3.05) is 0 Å². The standard InChI is InChI=1S/C18H14/c1(5-11-17-13-7-3-8-14-17)2-6-12-18-15-9-4-10-16-18/h1-5,7-11,13-16H. The first-order valence-electron chi connectivity index (χ1n) is 5.90. The van der Waals surface area contributed by atoms with Crippen molar-refractivity contribution in [2.45, 2.75) is 0 Å². The molecule has 0 unspecified atom stereocenters. The largest absolute Gasteiger partial charge is 0.0696 e. The predicted molar refractivity (Wildman–Crippen MR) is 77.9 cm³/mol. The normalized spacial score (nSPS) is 10.4. The van der Waals surface area contributed by atoms with Crippen LogP contribution in [0.3, 0.4) is 0 Å². The van der Waals surface area contributed by atoms with Crippen LogP contribution in [0.1, 0.15) is 11.1 Å². The van der Waals surface area contributed by atoms with Crippen LogP contribution in [0.5, 0.6) is 0 Å². The Morgan fingerprint density at radius 3 is 2.11 bits per heavy atom. The van der Waals surface area contributed by atoms with Crippen LogP contribution in [0.15, 0.2) is 78.9 Å². The lowest BCUT2D eigenvalue weighted by Gasteiger charge is -1.87. The molecule has 0 saturated carbocycles. The van der Waals surface area contributed by atoms with Crippen LogP contribution in [0.2, 0.25) is 0 Å². The first-order chi connectivity index (χ1) is 8.95. The quantitative estimate of drug-likeness (QED) is 0.533. The Kier molecular flexibility index (Phi) is 4.60. The van der Waals surface area contributed by atoms with Gasteiger partial charge in [-0.05, 0) is 23.8 Å². The molecule has 0 fully saturated rings. The summed E-state index contributed by atoms with van der Waals surface area (Å²) in [5.74, 6) is 6.08. The van der Waals surface area contributed by atoms with Crippen molar-refractivity contribution in [3.8, 4) is 11.8 Å². The van der Waals surface area contributed by atoms with Gasteiger partial charge >= 0.3 is 0 Å². The van der Waals surface area contributed by atoms with Crippen molar-refractivity contribution < 1.29 is 0 Å². The molecule has 2 rings (SSSR count). The molecule has 0 aromatic heterocycles. The fourth-order valence-corrected chi connectivity index (χ4v) is 1.48. The summed E-state index contributed by atoms with van der Waals surface area (Å²) < 4.78 is 0. The molecule has 0 radical (unpaired) electrons. The van der Waals surface area contributed by atoms with Crippen LogP contribution in [-0.2, 0) is 0 Å². The summed E-state index contributed by atoms with van der Waals surface area (Å²) in [6.45, 7) is 0. The fourth-order valence-electron chi connectivity index (χ4n) is 1.48. The van der Waals surface area contributed by atoms with Gasteiger partial charge in [-0.15, -0.1) is 0 Å². The lowest BCUT2D eigenvalue weighted by molar-refractivity contribution is 1.65. The molecular weight excluding hydrogens is 216 g/mol. The molecule has 0 heteroatoms. The van der Waals surface area contributed by atoms with Crippen molar-refractivity contribution in [3.05, 3.63) is 90.0 Å². The minimum Gasteiger partial charge on any atom is -0.0696 e. The molecule has 0 saturated heterocycles. The molecule has 0 N–H and O–H groups in total. The van der Waals surface area contributed by atoms with Crippen LogP contribution in [-0.4, -0.2) is 0 Å². The van der Waals surface area contributed by atoms with E-state index < -0.39 is 0 Å². The maximum atomic E-state index is 3.07. The summed E-state index contributed by atoms with van der Waals surface area (Å²) in [6.07, 6.45) is 7.85. The Morgan fingerprint density at radius 2 is 1.39 bits per heavy atom. The first kappa shape index (κ1) is 12.0. The molecule has 18 heavy (non-hydrogen) atoms. The van der Waals surface area contributed by atoms with Gasteiger partial charge in [0.15, 0.2) is 0 Å². The van der Waals surface area contributed by atoms with E-state index in [1.807, 2.05) is 66.8 Å².